The third kappa shape index (κ3) is 1.70. The molecule has 1 aliphatic heterocycles. The molecule has 0 N–H and O–H groups in total. The fourth-order valence-corrected chi connectivity index (χ4v) is 2.17. The summed E-state index contributed by atoms with van der Waals surface area (Å²) in [6.45, 7) is 4.95. The minimum absolute atomic E-state index is 0.406. The highest BCUT2D eigenvalue weighted by Gasteiger charge is 2.29. The van der Waals surface area contributed by atoms with Crippen molar-refractivity contribution in [3.63, 3.8) is 0 Å². The molecule has 2 rings (SSSR count). The van der Waals surface area contributed by atoms with Gasteiger partial charge >= 0.3 is 0 Å². The van der Waals surface area contributed by atoms with Gasteiger partial charge in [0.15, 0.2) is 0 Å². The van der Waals surface area contributed by atoms with E-state index in [1.807, 2.05) is 19.9 Å². The van der Waals surface area contributed by atoms with Crippen LogP contribution in [0.3, 0.4) is 0 Å². The van der Waals surface area contributed by atoms with Crippen molar-refractivity contribution in [3.05, 3.63) is 29.8 Å². The molecule has 1 aromatic rings. The van der Waals surface area contributed by atoms with Crippen molar-refractivity contribution in [2.45, 2.75) is 32.2 Å². The molecule has 0 bridgehead atoms. The van der Waals surface area contributed by atoms with Crippen LogP contribution in [0.5, 0.6) is 0 Å². The second-order valence-corrected chi connectivity index (χ2v) is 4.55. The molecule has 0 amide bonds. The van der Waals surface area contributed by atoms with Crippen LogP contribution in [0, 0.1) is 11.3 Å². The Morgan fingerprint density at radius 2 is 2.07 bits per heavy atom. The molecule has 1 aliphatic rings. The summed E-state index contributed by atoms with van der Waals surface area (Å²) >= 11 is 0. The second kappa shape index (κ2) is 3.58. The molecule has 0 spiro atoms. The van der Waals surface area contributed by atoms with E-state index in [4.69, 9.17) is 0 Å². The fourth-order valence-electron chi connectivity index (χ4n) is 2.17. The lowest BCUT2D eigenvalue weighted by Crippen LogP contribution is -2.45. The molecule has 1 aromatic carbocycles. The summed E-state index contributed by atoms with van der Waals surface area (Å²) in [5, 5.41) is 9.18. The lowest BCUT2D eigenvalue weighted by molar-refractivity contribution is 0.541. The third-order valence-corrected chi connectivity index (χ3v) is 3.06. The van der Waals surface area contributed by atoms with Gasteiger partial charge in [0.25, 0.3) is 0 Å². The first-order chi connectivity index (χ1) is 7.15. The molecule has 0 radical (unpaired) electrons. The maximum atomic E-state index is 9.18. The zero-order chi connectivity index (χ0) is 10.9. The van der Waals surface area contributed by atoms with Crippen molar-refractivity contribution in [2.75, 3.05) is 11.4 Å². The van der Waals surface area contributed by atoms with Gasteiger partial charge in [-0.15, -0.1) is 0 Å². The van der Waals surface area contributed by atoms with Crippen LogP contribution in [-0.4, -0.2) is 12.1 Å². The Labute approximate surface area is 91.1 Å². The molecule has 0 fully saturated rings. The Bertz CT molecular complexity index is 401. The number of nitriles is 1. The monoisotopic (exact) mass is 200 g/mol. The smallest absolute Gasteiger partial charge is 0.122 e. The van der Waals surface area contributed by atoms with E-state index in [0.29, 0.717) is 0 Å². The van der Waals surface area contributed by atoms with E-state index in [1.54, 1.807) is 0 Å². The first-order valence-electron chi connectivity index (χ1n) is 5.42. The fraction of sp³-hybridized carbons (Fsp3) is 0.462. The predicted octanol–water partition coefficient (Wildman–Crippen LogP) is 2.74. The zero-order valence-electron chi connectivity index (χ0n) is 9.33. The van der Waals surface area contributed by atoms with Gasteiger partial charge in [-0.3, -0.25) is 0 Å². The Morgan fingerprint density at radius 1 is 1.33 bits per heavy atom. The number of benzene rings is 1. The molecule has 2 nitrogen and oxygen atoms in total. The average Bonchev–Trinajstić information content (AvgIpc) is 2.28. The quantitative estimate of drug-likeness (QED) is 0.697. The molecule has 15 heavy (non-hydrogen) atoms. The Kier molecular flexibility index (Phi) is 2.40. The summed E-state index contributed by atoms with van der Waals surface area (Å²) in [5.74, 6) is 0. The number of aryl methyl sites for hydroxylation is 1. The Hall–Kier alpha value is -1.49. The van der Waals surface area contributed by atoms with E-state index < -0.39 is 5.54 Å². The minimum atomic E-state index is -0.406. The van der Waals surface area contributed by atoms with Gasteiger partial charge in [0, 0.05) is 12.2 Å². The summed E-state index contributed by atoms with van der Waals surface area (Å²) in [6.07, 6.45) is 2.27. The van der Waals surface area contributed by atoms with Crippen LogP contribution in [0.25, 0.3) is 0 Å². The van der Waals surface area contributed by atoms with E-state index in [1.165, 1.54) is 11.3 Å². The molecule has 0 saturated carbocycles. The maximum Gasteiger partial charge on any atom is 0.122 e. The minimum Gasteiger partial charge on any atom is -0.353 e. The maximum absolute atomic E-state index is 9.18. The highest BCUT2D eigenvalue weighted by atomic mass is 15.2. The molecule has 0 atom stereocenters. The van der Waals surface area contributed by atoms with Crippen molar-refractivity contribution < 1.29 is 0 Å². The molecule has 2 heteroatoms. The normalized spacial score (nSPS) is 15.7. The van der Waals surface area contributed by atoms with Crippen LogP contribution < -0.4 is 4.90 Å². The van der Waals surface area contributed by atoms with Gasteiger partial charge in [-0.2, -0.15) is 5.26 Å². The van der Waals surface area contributed by atoms with Crippen LogP contribution in [0.15, 0.2) is 24.3 Å². The summed E-state index contributed by atoms with van der Waals surface area (Å²) < 4.78 is 0. The number of hydrogen-bond acceptors (Lipinski definition) is 2. The average molecular weight is 200 g/mol. The summed E-state index contributed by atoms with van der Waals surface area (Å²) in [7, 11) is 0. The van der Waals surface area contributed by atoms with Gasteiger partial charge in [0.1, 0.15) is 5.54 Å². The second-order valence-electron chi connectivity index (χ2n) is 4.55. The van der Waals surface area contributed by atoms with Crippen LogP contribution in [-0.2, 0) is 6.42 Å². The van der Waals surface area contributed by atoms with Crippen LogP contribution in [0.4, 0.5) is 5.69 Å². The summed E-state index contributed by atoms with van der Waals surface area (Å²) in [4.78, 5) is 2.21. The van der Waals surface area contributed by atoms with Crippen molar-refractivity contribution in [1.82, 2.24) is 0 Å². The Balaban J connectivity index is 2.43. The molecule has 78 valence electrons. The predicted molar refractivity (Wildman–Crippen MR) is 61.8 cm³/mol. The number of nitrogens with zero attached hydrogens (tertiary/aromatic N) is 2. The molecule has 0 unspecified atom stereocenters. The highest BCUT2D eigenvalue weighted by Crippen LogP contribution is 2.31. The zero-order valence-corrected chi connectivity index (χ0v) is 9.33. The van der Waals surface area contributed by atoms with E-state index in [2.05, 4.69) is 29.2 Å². The Morgan fingerprint density at radius 3 is 2.80 bits per heavy atom. The number of anilines is 1. The topological polar surface area (TPSA) is 27.0 Å². The van der Waals surface area contributed by atoms with Gasteiger partial charge in [0.05, 0.1) is 6.07 Å². The van der Waals surface area contributed by atoms with E-state index in [9.17, 15) is 5.26 Å². The van der Waals surface area contributed by atoms with Gasteiger partial charge in [0.2, 0.25) is 0 Å². The van der Waals surface area contributed by atoms with Crippen molar-refractivity contribution in [3.8, 4) is 6.07 Å². The number of rotatable bonds is 1. The van der Waals surface area contributed by atoms with Crippen molar-refractivity contribution in [2.24, 2.45) is 0 Å². The van der Waals surface area contributed by atoms with Gasteiger partial charge in [-0.25, -0.2) is 0 Å². The van der Waals surface area contributed by atoms with Gasteiger partial charge in [-0.05, 0) is 38.3 Å². The molecular weight excluding hydrogens is 184 g/mol. The summed E-state index contributed by atoms with van der Waals surface area (Å²) in [6, 6.07) is 10.8. The highest BCUT2D eigenvalue weighted by molar-refractivity contribution is 5.58. The number of para-hydroxylation sites is 1. The number of hydrogen-bond donors (Lipinski definition) is 0. The van der Waals surface area contributed by atoms with Crippen LogP contribution >= 0.6 is 0 Å². The molecule has 0 saturated heterocycles. The molecular formula is C13H16N2. The van der Waals surface area contributed by atoms with Crippen molar-refractivity contribution >= 4 is 5.69 Å². The van der Waals surface area contributed by atoms with E-state index in [-0.39, 0.29) is 0 Å². The molecule has 0 aromatic heterocycles. The van der Waals surface area contributed by atoms with E-state index >= 15 is 0 Å². The van der Waals surface area contributed by atoms with Gasteiger partial charge < -0.3 is 4.90 Å². The SMILES string of the molecule is CC(C)(C#N)N1CCCc2ccccc21. The van der Waals surface area contributed by atoms with E-state index in [0.717, 1.165) is 19.4 Å². The lowest BCUT2D eigenvalue weighted by Gasteiger charge is -2.39. The van der Waals surface area contributed by atoms with Crippen LogP contribution in [0.2, 0.25) is 0 Å². The first kappa shape index (κ1) is 10.0. The van der Waals surface area contributed by atoms with Crippen molar-refractivity contribution in [1.29, 1.82) is 5.26 Å². The van der Waals surface area contributed by atoms with Crippen LogP contribution in [0.1, 0.15) is 25.8 Å². The number of fused-ring (bicyclic) bond motifs is 1. The summed E-state index contributed by atoms with van der Waals surface area (Å²) in [5.41, 5.74) is 2.19. The standard InChI is InChI=1S/C13H16N2/c1-13(2,10-14)15-9-5-7-11-6-3-4-8-12(11)15/h3-4,6,8H,5,7,9H2,1-2H3. The lowest BCUT2D eigenvalue weighted by atomic mass is 9.95. The largest absolute Gasteiger partial charge is 0.353 e. The van der Waals surface area contributed by atoms with Gasteiger partial charge in [-0.1, -0.05) is 18.2 Å². The first-order valence-corrected chi connectivity index (χ1v) is 5.42. The third-order valence-electron chi connectivity index (χ3n) is 3.06. The molecule has 0 aliphatic carbocycles. The molecule has 1 heterocycles.